The number of halogens is 1. The third-order valence-corrected chi connectivity index (χ3v) is 5.53. The van der Waals surface area contributed by atoms with E-state index in [1.807, 2.05) is 66.7 Å². The van der Waals surface area contributed by atoms with E-state index in [4.69, 9.17) is 16.3 Å². The summed E-state index contributed by atoms with van der Waals surface area (Å²) in [4.78, 5) is 4.36. The summed E-state index contributed by atoms with van der Waals surface area (Å²) >= 11 is 5.99. The Bertz CT molecular complexity index is 1160. The van der Waals surface area contributed by atoms with Gasteiger partial charge >= 0.3 is 0 Å². The summed E-state index contributed by atoms with van der Waals surface area (Å²) < 4.78 is 6.07. The highest BCUT2D eigenvalue weighted by molar-refractivity contribution is 6.30. The largest absolute Gasteiger partial charge is 0.457 e. The van der Waals surface area contributed by atoms with E-state index in [1.165, 1.54) is 0 Å². The number of pyridine rings is 1. The van der Waals surface area contributed by atoms with E-state index >= 15 is 0 Å². The standard InChI is InChI=1S/C26H25ClN2O3/c27-20-5-3-4-19(15-20)25(31)16-29-21(17-30)14-18-8-10-22(11-9-18)32-26-12-13-28-24-7-2-1-6-23(24)26/h1-13,15,21,25,29-31H,14,16-17H2/t21?,25-/m0/s1. The number of benzene rings is 3. The highest BCUT2D eigenvalue weighted by atomic mass is 35.5. The Hall–Kier alpha value is -2.96. The molecule has 164 valence electrons. The number of ether oxygens (including phenoxy) is 1. The summed E-state index contributed by atoms with van der Waals surface area (Å²) in [5.41, 5.74) is 2.69. The van der Waals surface area contributed by atoms with Crippen LogP contribution in [0.3, 0.4) is 0 Å². The molecule has 0 aliphatic rings. The smallest absolute Gasteiger partial charge is 0.138 e. The predicted molar refractivity (Wildman–Crippen MR) is 127 cm³/mol. The van der Waals surface area contributed by atoms with Gasteiger partial charge in [0.15, 0.2) is 0 Å². The molecule has 0 bridgehead atoms. The van der Waals surface area contributed by atoms with E-state index in [9.17, 15) is 10.2 Å². The van der Waals surface area contributed by atoms with Gasteiger partial charge in [-0.3, -0.25) is 4.98 Å². The number of hydrogen-bond acceptors (Lipinski definition) is 5. The number of rotatable bonds is 9. The van der Waals surface area contributed by atoms with Crippen LogP contribution >= 0.6 is 11.6 Å². The highest BCUT2D eigenvalue weighted by Gasteiger charge is 2.13. The molecule has 4 aromatic rings. The van der Waals surface area contributed by atoms with Crippen LogP contribution in [0.25, 0.3) is 10.9 Å². The van der Waals surface area contributed by atoms with Crippen molar-refractivity contribution >= 4 is 22.5 Å². The molecular weight excluding hydrogens is 424 g/mol. The second-order valence-corrected chi connectivity index (χ2v) is 8.07. The van der Waals surface area contributed by atoms with Gasteiger partial charge in [-0.15, -0.1) is 0 Å². The minimum absolute atomic E-state index is 0.0382. The molecule has 4 rings (SSSR count). The van der Waals surface area contributed by atoms with Gasteiger partial charge in [0.05, 0.1) is 18.2 Å². The second-order valence-electron chi connectivity index (χ2n) is 7.63. The number of aliphatic hydroxyl groups excluding tert-OH is 2. The lowest BCUT2D eigenvalue weighted by Crippen LogP contribution is -2.37. The van der Waals surface area contributed by atoms with Gasteiger partial charge in [-0.2, -0.15) is 0 Å². The minimum atomic E-state index is -0.700. The van der Waals surface area contributed by atoms with E-state index in [0.29, 0.717) is 18.0 Å². The average molecular weight is 449 g/mol. The van der Waals surface area contributed by atoms with Crippen molar-refractivity contribution in [2.24, 2.45) is 0 Å². The van der Waals surface area contributed by atoms with Gasteiger partial charge in [0.2, 0.25) is 0 Å². The molecule has 0 saturated carbocycles. The normalized spacial score (nSPS) is 13.1. The number of aliphatic hydroxyl groups is 2. The van der Waals surface area contributed by atoms with Crippen molar-refractivity contribution in [1.29, 1.82) is 0 Å². The summed E-state index contributed by atoms with van der Waals surface area (Å²) in [6.45, 7) is 0.283. The monoisotopic (exact) mass is 448 g/mol. The maximum atomic E-state index is 10.4. The zero-order chi connectivity index (χ0) is 22.3. The molecule has 3 aromatic carbocycles. The Kier molecular flexibility index (Phi) is 7.35. The summed E-state index contributed by atoms with van der Waals surface area (Å²) in [5, 5.41) is 24.9. The van der Waals surface area contributed by atoms with Crippen molar-refractivity contribution in [2.75, 3.05) is 13.2 Å². The number of hydrogen-bond donors (Lipinski definition) is 3. The van der Waals surface area contributed by atoms with Crippen LogP contribution in [0.4, 0.5) is 0 Å². The second kappa shape index (κ2) is 10.6. The molecule has 0 aliphatic heterocycles. The molecule has 1 aromatic heterocycles. The molecule has 0 fully saturated rings. The molecule has 0 radical (unpaired) electrons. The van der Waals surface area contributed by atoms with Crippen molar-refractivity contribution in [3.05, 3.63) is 101 Å². The minimum Gasteiger partial charge on any atom is -0.457 e. The van der Waals surface area contributed by atoms with Gasteiger partial charge in [0.1, 0.15) is 11.5 Å². The molecule has 0 saturated heterocycles. The molecule has 1 heterocycles. The molecule has 5 nitrogen and oxygen atoms in total. The van der Waals surface area contributed by atoms with Crippen molar-refractivity contribution in [3.63, 3.8) is 0 Å². The van der Waals surface area contributed by atoms with E-state index in [2.05, 4.69) is 10.3 Å². The number of nitrogens with zero attached hydrogens (tertiary/aromatic N) is 1. The summed E-state index contributed by atoms with van der Waals surface area (Å²) in [5.74, 6) is 1.49. The van der Waals surface area contributed by atoms with E-state index < -0.39 is 6.10 Å². The van der Waals surface area contributed by atoms with Crippen LogP contribution in [0.2, 0.25) is 5.02 Å². The number of nitrogens with one attached hydrogen (secondary N) is 1. The number of aromatic nitrogens is 1. The lowest BCUT2D eigenvalue weighted by Gasteiger charge is -2.19. The Labute approximate surface area is 192 Å². The van der Waals surface area contributed by atoms with Crippen molar-refractivity contribution in [2.45, 2.75) is 18.6 Å². The number of para-hydroxylation sites is 1. The van der Waals surface area contributed by atoms with Crippen LogP contribution < -0.4 is 10.1 Å². The molecule has 0 aliphatic carbocycles. The first kappa shape index (κ1) is 22.2. The van der Waals surface area contributed by atoms with Crippen molar-refractivity contribution in [3.8, 4) is 11.5 Å². The van der Waals surface area contributed by atoms with Gasteiger partial charge in [-0.1, -0.05) is 48.0 Å². The molecule has 2 atom stereocenters. The molecule has 3 N–H and O–H groups in total. The van der Waals surface area contributed by atoms with Gasteiger partial charge < -0.3 is 20.3 Å². The van der Waals surface area contributed by atoms with Gasteiger partial charge in [0.25, 0.3) is 0 Å². The van der Waals surface area contributed by atoms with Crippen LogP contribution in [0.5, 0.6) is 11.5 Å². The lowest BCUT2D eigenvalue weighted by atomic mass is 10.1. The van der Waals surface area contributed by atoms with E-state index in [-0.39, 0.29) is 12.6 Å². The van der Waals surface area contributed by atoms with Crippen LogP contribution in [0.1, 0.15) is 17.2 Å². The van der Waals surface area contributed by atoms with E-state index in [1.54, 1.807) is 18.3 Å². The molecular formula is C26H25ClN2O3. The van der Waals surface area contributed by atoms with Crippen molar-refractivity contribution in [1.82, 2.24) is 10.3 Å². The van der Waals surface area contributed by atoms with Crippen LogP contribution in [-0.4, -0.2) is 34.4 Å². The van der Waals surface area contributed by atoms with Gasteiger partial charge in [0, 0.05) is 29.2 Å². The Morgan fingerprint density at radius 1 is 0.969 bits per heavy atom. The predicted octanol–water partition coefficient (Wildman–Crippen LogP) is 4.91. The first-order valence-corrected chi connectivity index (χ1v) is 10.9. The Balaban J connectivity index is 1.35. The van der Waals surface area contributed by atoms with Crippen LogP contribution in [0, 0.1) is 0 Å². The van der Waals surface area contributed by atoms with Crippen molar-refractivity contribution < 1.29 is 14.9 Å². The zero-order valence-electron chi connectivity index (χ0n) is 17.5. The summed E-state index contributed by atoms with van der Waals surface area (Å²) in [6, 6.07) is 24.5. The molecule has 0 spiro atoms. The fourth-order valence-electron chi connectivity index (χ4n) is 3.57. The molecule has 6 heteroatoms. The van der Waals surface area contributed by atoms with Crippen LogP contribution in [-0.2, 0) is 6.42 Å². The van der Waals surface area contributed by atoms with E-state index in [0.717, 1.165) is 33.5 Å². The topological polar surface area (TPSA) is 74.6 Å². The Morgan fingerprint density at radius 3 is 2.56 bits per heavy atom. The fraction of sp³-hybridized carbons (Fsp3) is 0.192. The molecule has 32 heavy (non-hydrogen) atoms. The third-order valence-electron chi connectivity index (χ3n) is 5.30. The first-order valence-electron chi connectivity index (χ1n) is 10.5. The molecule has 0 amide bonds. The van der Waals surface area contributed by atoms with Gasteiger partial charge in [-0.25, -0.2) is 0 Å². The van der Waals surface area contributed by atoms with Gasteiger partial charge in [-0.05, 0) is 60.0 Å². The number of fused-ring (bicyclic) bond motifs is 1. The Morgan fingerprint density at radius 2 is 1.78 bits per heavy atom. The average Bonchev–Trinajstić information content (AvgIpc) is 2.83. The highest BCUT2D eigenvalue weighted by Crippen LogP contribution is 2.28. The zero-order valence-corrected chi connectivity index (χ0v) is 18.2. The lowest BCUT2D eigenvalue weighted by molar-refractivity contribution is 0.158. The molecule has 1 unspecified atom stereocenters. The summed E-state index contributed by atoms with van der Waals surface area (Å²) in [6.07, 6.45) is 1.66. The SMILES string of the molecule is OCC(Cc1ccc(Oc2ccnc3ccccc23)cc1)NC[C@H](O)c1cccc(Cl)c1. The quantitative estimate of drug-likeness (QED) is 0.339. The maximum absolute atomic E-state index is 10.4. The fourth-order valence-corrected chi connectivity index (χ4v) is 3.77. The first-order chi connectivity index (χ1) is 15.6. The maximum Gasteiger partial charge on any atom is 0.138 e. The third kappa shape index (κ3) is 5.64. The summed E-state index contributed by atoms with van der Waals surface area (Å²) in [7, 11) is 0. The van der Waals surface area contributed by atoms with Crippen LogP contribution in [0.15, 0.2) is 85.1 Å².